The van der Waals surface area contributed by atoms with Gasteiger partial charge in [0.15, 0.2) is 0 Å². The van der Waals surface area contributed by atoms with E-state index in [1.54, 1.807) is 12.1 Å². The Labute approximate surface area is 153 Å². The molecule has 1 amide bonds. The van der Waals surface area contributed by atoms with E-state index < -0.39 is 5.91 Å². The van der Waals surface area contributed by atoms with E-state index in [2.05, 4.69) is 15.5 Å². The van der Waals surface area contributed by atoms with Crippen molar-refractivity contribution < 1.29 is 9.53 Å². The molecule has 2 N–H and O–H groups in total. The molecular weight excluding hydrogens is 340 g/mol. The molecule has 1 aromatic rings. The molecule has 1 saturated heterocycles. The molecule has 0 aromatic heterocycles. The second kappa shape index (κ2) is 10.0. The Kier molecular flexibility index (Phi) is 7.74. The minimum Gasteiger partial charge on any atom is -0.390 e. The standard InChI is InChI=1S/C18H23ClN4O2/c1-14-3-4-16(19)11-17(14)22-18(24)15(12-20)13-21-5-2-6-23-7-9-25-10-8-23/h3-4,11,13,21H,2,5-10H2,1H3,(H,22,24)/b15-13-. The first-order valence-corrected chi connectivity index (χ1v) is 8.69. The van der Waals surface area contributed by atoms with Crippen LogP contribution >= 0.6 is 11.6 Å². The van der Waals surface area contributed by atoms with Gasteiger partial charge in [-0.25, -0.2) is 0 Å². The number of amides is 1. The third-order valence-corrected chi connectivity index (χ3v) is 4.19. The van der Waals surface area contributed by atoms with Crippen molar-refractivity contribution in [3.05, 3.63) is 40.6 Å². The van der Waals surface area contributed by atoms with E-state index in [1.807, 2.05) is 19.1 Å². The summed E-state index contributed by atoms with van der Waals surface area (Å²) in [6.45, 7) is 7.03. The van der Waals surface area contributed by atoms with Crippen LogP contribution in [0.5, 0.6) is 0 Å². The molecule has 1 aromatic carbocycles. The zero-order valence-electron chi connectivity index (χ0n) is 14.3. The number of ether oxygens (including phenoxy) is 1. The summed E-state index contributed by atoms with van der Waals surface area (Å²) in [6.07, 6.45) is 2.40. The van der Waals surface area contributed by atoms with Crippen molar-refractivity contribution in [1.29, 1.82) is 5.26 Å². The first-order valence-electron chi connectivity index (χ1n) is 8.31. The van der Waals surface area contributed by atoms with Gasteiger partial charge < -0.3 is 15.4 Å². The summed E-state index contributed by atoms with van der Waals surface area (Å²) in [7, 11) is 0. The van der Waals surface area contributed by atoms with Crippen LogP contribution in [-0.4, -0.2) is 50.2 Å². The van der Waals surface area contributed by atoms with Crippen LogP contribution in [0.1, 0.15) is 12.0 Å². The molecule has 0 aliphatic carbocycles. The Balaban J connectivity index is 1.79. The fourth-order valence-electron chi connectivity index (χ4n) is 2.47. The minimum absolute atomic E-state index is 0.0331. The van der Waals surface area contributed by atoms with E-state index in [1.165, 1.54) is 6.20 Å². The molecule has 0 unspecified atom stereocenters. The predicted molar refractivity (Wildman–Crippen MR) is 98.4 cm³/mol. The van der Waals surface area contributed by atoms with Crippen molar-refractivity contribution in [1.82, 2.24) is 10.2 Å². The van der Waals surface area contributed by atoms with Gasteiger partial charge in [-0.1, -0.05) is 17.7 Å². The van der Waals surface area contributed by atoms with Gasteiger partial charge in [-0.15, -0.1) is 0 Å². The maximum Gasteiger partial charge on any atom is 0.267 e. The lowest BCUT2D eigenvalue weighted by Crippen LogP contribution is -2.37. The Morgan fingerprint density at radius 3 is 2.92 bits per heavy atom. The number of aryl methyl sites for hydroxylation is 1. The number of nitrogens with one attached hydrogen (secondary N) is 2. The van der Waals surface area contributed by atoms with Gasteiger partial charge in [0.25, 0.3) is 5.91 Å². The largest absolute Gasteiger partial charge is 0.390 e. The van der Waals surface area contributed by atoms with Crippen molar-refractivity contribution in [2.24, 2.45) is 0 Å². The van der Waals surface area contributed by atoms with Gasteiger partial charge in [0.1, 0.15) is 11.6 Å². The van der Waals surface area contributed by atoms with Gasteiger partial charge in [-0.05, 0) is 37.6 Å². The predicted octanol–water partition coefficient (Wildman–Crippen LogP) is 2.31. The van der Waals surface area contributed by atoms with Crippen molar-refractivity contribution in [3.63, 3.8) is 0 Å². The van der Waals surface area contributed by atoms with Crippen LogP contribution in [0.15, 0.2) is 30.0 Å². The summed E-state index contributed by atoms with van der Waals surface area (Å²) in [4.78, 5) is 14.6. The molecule has 25 heavy (non-hydrogen) atoms. The third-order valence-electron chi connectivity index (χ3n) is 3.96. The second-order valence-corrected chi connectivity index (χ2v) is 6.28. The number of anilines is 1. The lowest BCUT2D eigenvalue weighted by molar-refractivity contribution is -0.112. The highest BCUT2D eigenvalue weighted by Crippen LogP contribution is 2.20. The number of morpholine rings is 1. The number of benzene rings is 1. The van der Waals surface area contributed by atoms with E-state index in [9.17, 15) is 10.1 Å². The van der Waals surface area contributed by atoms with Crippen LogP contribution in [0.2, 0.25) is 5.02 Å². The minimum atomic E-state index is -0.450. The van der Waals surface area contributed by atoms with Gasteiger partial charge in [0, 0.05) is 36.5 Å². The van der Waals surface area contributed by atoms with Crippen molar-refractivity contribution >= 4 is 23.2 Å². The Hall–Kier alpha value is -2.07. The highest BCUT2D eigenvalue weighted by Gasteiger charge is 2.11. The summed E-state index contributed by atoms with van der Waals surface area (Å²) in [5.41, 5.74) is 1.52. The molecule has 1 fully saturated rings. The summed E-state index contributed by atoms with van der Waals surface area (Å²) < 4.78 is 5.31. The van der Waals surface area contributed by atoms with Gasteiger partial charge in [0.2, 0.25) is 0 Å². The molecule has 0 bridgehead atoms. The molecule has 7 heteroatoms. The molecule has 1 heterocycles. The lowest BCUT2D eigenvalue weighted by Gasteiger charge is -2.26. The molecule has 1 aliphatic rings. The number of carbonyl (C=O) groups excluding carboxylic acids is 1. The smallest absolute Gasteiger partial charge is 0.267 e. The maximum absolute atomic E-state index is 12.2. The third kappa shape index (κ3) is 6.39. The van der Waals surface area contributed by atoms with E-state index in [0.717, 1.165) is 44.8 Å². The molecular formula is C18H23ClN4O2. The second-order valence-electron chi connectivity index (χ2n) is 5.84. The number of hydrogen-bond acceptors (Lipinski definition) is 5. The fraction of sp³-hybridized carbons (Fsp3) is 0.444. The zero-order valence-corrected chi connectivity index (χ0v) is 15.1. The average Bonchev–Trinajstić information content (AvgIpc) is 2.62. The van der Waals surface area contributed by atoms with Crippen LogP contribution < -0.4 is 10.6 Å². The Bertz CT molecular complexity index is 664. The van der Waals surface area contributed by atoms with Gasteiger partial charge >= 0.3 is 0 Å². The van der Waals surface area contributed by atoms with Crippen LogP contribution in [0.3, 0.4) is 0 Å². The fourth-order valence-corrected chi connectivity index (χ4v) is 2.64. The monoisotopic (exact) mass is 362 g/mol. The quantitative estimate of drug-likeness (QED) is 0.442. The van der Waals surface area contributed by atoms with Gasteiger partial charge in [-0.2, -0.15) is 5.26 Å². The Morgan fingerprint density at radius 2 is 2.20 bits per heavy atom. The molecule has 6 nitrogen and oxygen atoms in total. The molecule has 0 spiro atoms. The molecule has 0 saturated carbocycles. The first kappa shape index (κ1) is 19.3. The average molecular weight is 363 g/mol. The van der Waals surface area contributed by atoms with E-state index in [0.29, 0.717) is 17.3 Å². The topological polar surface area (TPSA) is 77.4 Å². The number of nitriles is 1. The van der Waals surface area contributed by atoms with Gasteiger partial charge in [-0.3, -0.25) is 9.69 Å². The molecule has 0 atom stereocenters. The highest BCUT2D eigenvalue weighted by atomic mass is 35.5. The molecule has 134 valence electrons. The number of carbonyl (C=O) groups is 1. The lowest BCUT2D eigenvalue weighted by atomic mass is 10.2. The zero-order chi connectivity index (χ0) is 18.1. The Morgan fingerprint density at radius 1 is 1.44 bits per heavy atom. The molecule has 2 rings (SSSR count). The molecule has 0 radical (unpaired) electrons. The SMILES string of the molecule is Cc1ccc(Cl)cc1NC(=O)/C(C#N)=C\NCCCN1CCOCC1. The number of halogens is 1. The normalized spacial score (nSPS) is 15.5. The molecule has 1 aliphatic heterocycles. The van der Waals surface area contributed by atoms with E-state index in [-0.39, 0.29) is 5.57 Å². The van der Waals surface area contributed by atoms with Crippen molar-refractivity contribution in [3.8, 4) is 6.07 Å². The van der Waals surface area contributed by atoms with E-state index in [4.69, 9.17) is 16.3 Å². The van der Waals surface area contributed by atoms with Crippen LogP contribution in [0.4, 0.5) is 5.69 Å². The van der Waals surface area contributed by atoms with Crippen LogP contribution in [-0.2, 0) is 9.53 Å². The summed E-state index contributed by atoms with van der Waals surface area (Å²) >= 11 is 5.94. The number of rotatable bonds is 7. The van der Waals surface area contributed by atoms with Gasteiger partial charge in [0.05, 0.1) is 13.2 Å². The summed E-state index contributed by atoms with van der Waals surface area (Å²) in [6, 6.07) is 7.16. The summed E-state index contributed by atoms with van der Waals surface area (Å²) in [5.74, 6) is -0.450. The first-order chi connectivity index (χ1) is 12.1. The van der Waals surface area contributed by atoms with E-state index >= 15 is 0 Å². The van der Waals surface area contributed by atoms with Crippen molar-refractivity contribution in [2.75, 3.05) is 44.7 Å². The van der Waals surface area contributed by atoms with Crippen LogP contribution in [0, 0.1) is 18.3 Å². The maximum atomic E-state index is 12.2. The highest BCUT2D eigenvalue weighted by molar-refractivity contribution is 6.31. The number of hydrogen-bond donors (Lipinski definition) is 2. The number of nitrogens with zero attached hydrogens (tertiary/aromatic N) is 2. The van der Waals surface area contributed by atoms with Crippen molar-refractivity contribution in [2.45, 2.75) is 13.3 Å². The van der Waals surface area contributed by atoms with Crippen LogP contribution in [0.25, 0.3) is 0 Å². The summed E-state index contributed by atoms with van der Waals surface area (Å²) in [5, 5.41) is 15.5.